The van der Waals surface area contributed by atoms with Gasteiger partial charge < -0.3 is 36.2 Å². The van der Waals surface area contributed by atoms with Crippen molar-refractivity contribution in [3.05, 3.63) is 22.3 Å². The molecule has 1 aromatic carbocycles. The number of rotatable bonds is 20. The average Bonchev–Trinajstić information content (AvgIpc) is 2.86. The quantitative estimate of drug-likeness (QED) is 0.0867. The molecule has 0 aromatic heterocycles. The smallest absolute Gasteiger partial charge is 0.317 e. The number of halogens is 3. The van der Waals surface area contributed by atoms with Gasteiger partial charge in [-0.3, -0.25) is 48.3 Å². The fraction of sp³-hybridized carbons (Fsp3) is 0.480. The summed E-state index contributed by atoms with van der Waals surface area (Å²) in [4.78, 5) is 86.3. The number of carboxylic acid groups (broad SMARTS) is 5. The number of carboxylic acids is 5. The molecular formula is C25H32I3N5O12. The zero-order valence-electron chi connectivity index (χ0n) is 24.0. The van der Waals surface area contributed by atoms with Crippen LogP contribution in [0.1, 0.15) is 24.2 Å². The summed E-state index contributed by atoms with van der Waals surface area (Å²) < 4.78 is 1.60. The second-order valence-electron chi connectivity index (χ2n) is 10.0. The molecule has 1 unspecified atom stereocenters. The van der Waals surface area contributed by atoms with Crippen molar-refractivity contribution in [2.75, 3.05) is 64.2 Å². The fourth-order valence-corrected chi connectivity index (χ4v) is 8.38. The van der Waals surface area contributed by atoms with Gasteiger partial charge in [-0.15, -0.1) is 0 Å². The van der Waals surface area contributed by atoms with Gasteiger partial charge in [0, 0.05) is 45.8 Å². The van der Waals surface area contributed by atoms with Crippen LogP contribution >= 0.6 is 67.8 Å². The maximum atomic E-state index is 13.5. The van der Waals surface area contributed by atoms with E-state index in [1.165, 1.54) is 18.7 Å². The largest absolute Gasteiger partial charge is 0.480 e. The van der Waals surface area contributed by atoms with E-state index in [2.05, 4.69) is 10.6 Å². The lowest BCUT2D eigenvalue weighted by molar-refractivity contribution is -0.146. The number of anilines is 1. The topological polar surface area (TPSA) is 254 Å². The molecule has 7 N–H and O–H groups in total. The van der Waals surface area contributed by atoms with E-state index in [4.69, 9.17) is 10.2 Å². The Labute approximate surface area is 298 Å². The molecular weight excluding hydrogens is 943 g/mol. The summed E-state index contributed by atoms with van der Waals surface area (Å²) in [5.74, 6) is -7.74. The van der Waals surface area contributed by atoms with Crippen LogP contribution in [0.25, 0.3) is 0 Å². The summed E-state index contributed by atoms with van der Waals surface area (Å²) >= 11 is 5.84. The van der Waals surface area contributed by atoms with Crippen LogP contribution in [0, 0.1) is 10.7 Å². The van der Waals surface area contributed by atoms with Crippen LogP contribution in [0.15, 0.2) is 6.07 Å². The molecule has 0 saturated carbocycles. The summed E-state index contributed by atoms with van der Waals surface area (Å²) in [7, 11) is 0. The number of hydrogen-bond donors (Lipinski definition) is 7. The molecule has 1 rings (SSSR count). The van der Waals surface area contributed by atoms with E-state index in [0.29, 0.717) is 16.4 Å². The van der Waals surface area contributed by atoms with Gasteiger partial charge in [-0.25, -0.2) is 0 Å². The number of nitrogens with zero attached hydrogens (tertiary/aromatic N) is 3. The van der Waals surface area contributed by atoms with Crippen molar-refractivity contribution < 1.29 is 59.1 Å². The molecule has 17 nitrogen and oxygen atoms in total. The van der Waals surface area contributed by atoms with Crippen molar-refractivity contribution >= 4 is 115 Å². The Morgan fingerprint density at radius 2 is 1.18 bits per heavy atom. The Morgan fingerprint density at radius 3 is 1.62 bits per heavy atom. The summed E-state index contributed by atoms with van der Waals surface area (Å²) in [6, 6.07) is 1.67. The number of nitrogens with one attached hydrogen (secondary N) is 2. The van der Waals surface area contributed by atoms with Crippen molar-refractivity contribution in [1.82, 2.24) is 20.0 Å². The maximum Gasteiger partial charge on any atom is 0.317 e. The summed E-state index contributed by atoms with van der Waals surface area (Å²) in [6.07, 6.45) is 0. The van der Waals surface area contributed by atoms with E-state index in [9.17, 15) is 48.9 Å². The Kier molecular flexibility index (Phi) is 16.8. The molecule has 0 aliphatic carbocycles. The summed E-state index contributed by atoms with van der Waals surface area (Å²) in [5, 5.41) is 52.3. The standard InChI is InChI=1S/C25H32I3N5O12/c1-13(34)30-23-15(27)5-14(26)21(22(23)28)24(45)29-11-25(2,33(9-19(41)42)10-20(43)44)12-32(8-18(39)40)4-3-31(6-16(35)36)7-17(37)38/h5H,3-4,6-12H2,1-2H3,(H,29,45)(H,30,34)(H,35,36)(H,37,38)(H,39,40)(H,41,42)(H,43,44). The van der Waals surface area contributed by atoms with E-state index >= 15 is 0 Å². The summed E-state index contributed by atoms with van der Waals surface area (Å²) in [6.45, 7) is -1.92. The highest BCUT2D eigenvalue weighted by Gasteiger charge is 2.38. The highest BCUT2D eigenvalue weighted by Crippen LogP contribution is 2.32. The van der Waals surface area contributed by atoms with Gasteiger partial charge >= 0.3 is 29.8 Å². The minimum Gasteiger partial charge on any atom is -0.480 e. The molecule has 0 aliphatic rings. The van der Waals surface area contributed by atoms with Crippen molar-refractivity contribution in [3.8, 4) is 0 Å². The Hall–Kier alpha value is -2.42. The molecule has 0 radical (unpaired) electrons. The van der Waals surface area contributed by atoms with Gasteiger partial charge in [0.25, 0.3) is 5.91 Å². The highest BCUT2D eigenvalue weighted by atomic mass is 127. The number of benzene rings is 1. The van der Waals surface area contributed by atoms with Crippen molar-refractivity contribution in [3.63, 3.8) is 0 Å². The van der Waals surface area contributed by atoms with Gasteiger partial charge in [0.15, 0.2) is 0 Å². The SMILES string of the molecule is CC(=O)Nc1c(I)cc(I)c(C(=O)NCC(C)(CN(CCN(CC(=O)O)CC(=O)O)CC(=O)O)N(CC(=O)O)CC(=O)O)c1I. The van der Waals surface area contributed by atoms with Crippen LogP contribution in [0.2, 0.25) is 0 Å². The molecule has 1 aromatic rings. The molecule has 250 valence electrons. The normalized spacial score (nSPS) is 12.5. The third-order valence-electron chi connectivity index (χ3n) is 6.12. The average molecular weight is 975 g/mol. The van der Waals surface area contributed by atoms with Crippen molar-refractivity contribution in [2.24, 2.45) is 0 Å². The second kappa shape index (κ2) is 18.7. The van der Waals surface area contributed by atoms with Crippen LogP contribution in [0.4, 0.5) is 5.69 Å². The first kappa shape index (κ1) is 40.6. The lowest BCUT2D eigenvalue weighted by Gasteiger charge is -2.43. The third kappa shape index (κ3) is 14.3. The maximum absolute atomic E-state index is 13.5. The second-order valence-corrected chi connectivity index (χ2v) is 13.4. The van der Waals surface area contributed by atoms with Crippen molar-refractivity contribution in [2.45, 2.75) is 19.4 Å². The lowest BCUT2D eigenvalue weighted by atomic mass is 9.97. The van der Waals surface area contributed by atoms with E-state index in [-0.39, 0.29) is 37.6 Å². The molecule has 20 heteroatoms. The number of aliphatic carboxylic acids is 5. The van der Waals surface area contributed by atoms with Crippen LogP contribution in [0.3, 0.4) is 0 Å². The molecule has 0 heterocycles. The van der Waals surface area contributed by atoms with Gasteiger partial charge in [-0.1, -0.05) is 0 Å². The van der Waals surface area contributed by atoms with E-state index in [1.54, 1.807) is 6.07 Å². The van der Waals surface area contributed by atoms with E-state index < -0.39 is 74.0 Å². The van der Waals surface area contributed by atoms with Gasteiger partial charge in [0.2, 0.25) is 5.91 Å². The monoisotopic (exact) mass is 975 g/mol. The van der Waals surface area contributed by atoms with E-state index in [1.807, 2.05) is 67.8 Å². The Bertz CT molecular complexity index is 1300. The van der Waals surface area contributed by atoms with Crippen LogP contribution in [-0.2, 0) is 28.8 Å². The van der Waals surface area contributed by atoms with E-state index in [0.717, 1.165) is 9.80 Å². The predicted octanol–water partition coefficient (Wildman–Crippen LogP) is 0.276. The molecule has 2 amide bonds. The molecule has 0 spiro atoms. The molecule has 0 fully saturated rings. The van der Waals surface area contributed by atoms with Gasteiger partial charge in [0.1, 0.15) is 0 Å². The van der Waals surface area contributed by atoms with Crippen LogP contribution in [0.5, 0.6) is 0 Å². The molecule has 0 aliphatic heterocycles. The Balaban J connectivity index is 3.51. The first-order valence-corrected chi connectivity index (χ1v) is 16.0. The first-order chi connectivity index (χ1) is 20.7. The third-order valence-corrected chi connectivity index (χ3v) is 8.90. The minimum absolute atomic E-state index is 0.186. The minimum atomic E-state index is -1.53. The zero-order chi connectivity index (χ0) is 34.6. The number of hydrogen-bond acceptors (Lipinski definition) is 10. The summed E-state index contributed by atoms with van der Waals surface area (Å²) in [5.41, 5.74) is -0.950. The van der Waals surface area contributed by atoms with Crippen LogP contribution < -0.4 is 10.6 Å². The van der Waals surface area contributed by atoms with Crippen LogP contribution in [-0.4, -0.2) is 146 Å². The predicted molar refractivity (Wildman–Crippen MR) is 182 cm³/mol. The molecule has 1 atom stereocenters. The first-order valence-electron chi connectivity index (χ1n) is 12.8. The number of carbonyl (C=O) groups excluding carboxylic acids is 2. The Morgan fingerprint density at radius 1 is 0.733 bits per heavy atom. The van der Waals surface area contributed by atoms with Gasteiger partial charge in [-0.05, 0) is 80.8 Å². The van der Waals surface area contributed by atoms with Gasteiger partial charge in [0.05, 0.1) is 47.5 Å². The van der Waals surface area contributed by atoms with Gasteiger partial charge in [-0.2, -0.15) is 0 Å². The zero-order valence-corrected chi connectivity index (χ0v) is 30.5. The fourth-order valence-electron chi connectivity index (χ4n) is 4.25. The van der Waals surface area contributed by atoms with Crippen molar-refractivity contribution in [1.29, 1.82) is 0 Å². The lowest BCUT2D eigenvalue weighted by Crippen LogP contribution is -2.62. The molecule has 45 heavy (non-hydrogen) atoms. The number of amides is 2. The molecule has 0 bridgehead atoms. The molecule has 0 saturated heterocycles. The highest BCUT2D eigenvalue weighted by molar-refractivity contribution is 14.1. The number of carbonyl (C=O) groups is 7.